The molecule has 5 nitrogen and oxygen atoms in total. The highest BCUT2D eigenvalue weighted by Crippen LogP contribution is 2.16. The second-order valence-electron chi connectivity index (χ2n) is 5.07. The second kappa shape index (κ2) is 6.69. The fraction of sp³-hybridized carbons (Fsp3) is 0.571. The van der Waals surface area contributed by atoms with Gasteiger partial charge < -0.3 is 5.32 Å². The van der Waals surface area contributed by atoms with Gasteiger partial charge in [-0.05, 0) is 20.3 Å². The minimum Gasteiger partial charge on any atom is -0.378 e. The van der Waals surface area contributed by atoms with Crippen LogP contribution in [0.2, 0.25) is 0 Å². The number of rotatable bonds is 7. The molecule has 0 radical (unpaired) electrons. The van der Waals surface area contributed by atoms with Gasteiger partial charge in [0.1, 0.15) is 6.54 Å². The lowest BCUT2D eigenvalue weighted by Gasteiger charge is -2.06. The molecule has 2 aromatic heterocycles. The Morgan fingerprint density at radius 1 is 1.33 bits per heavy atom. The van der Waals surface area contributed by atoms with Crippen molar-refractivity contribution in [3.05, 3.63) is 29.3 Å². The van der Waals surface area contributed by atoms with Crippen molar-refractivity contribution >= 4 is 5.69 Å². The molecule has 116 valence electrons. The van der Waals surface area contributed by atoms with E-state index in [4.69, 9.17) is 0 Å². The lowest BCUT2D eigenvalue weighted by molar-refractivity contribution is 0.121. The van der Waals surface area contributed by atoms with Crippen molar-refractivity contribution in [3.8, 4) is 0 Å². The first-order chi connectivity index (χ1) is 10.0. The molecule has 1 N–H and O–H groups in total. The number of nitrogens with one attached hydrogen (secondary N) is 1. The molecule has 2 aromatic rings. The van der Waals surface area contributed by atoms with E-state index in [1.54, 1.807) is 13.1 Å². The third kappa shape index (κ3) is 3.80. The maximum Gasteiger partial charge on any atom is 0.257 e. The van der Waals surface area contributed by atoms with Crippen LogP contribution in [-0.4, -0.2) is 26.0 Å². The van der Waals surface area contributed by atoms with Gasteiger partial charge in [-0.25, -0.2) is 8.78 Å². The average Bonchev–Trinajstić information content (AvgIpc) is 2.92. The summed E-state index contributed by atoms with van der Waals surface area (Å²) in [6.07, 6.45) is 2.24. The molecule has 2 rings (SSSR count). The summed E-state index contributed by atoms with van der Waals surface area (Å²) in [7, 11) is 0. The maximum absolute atomic E-state index is 12.4. The van der Waals surface area contributed by atoms with Crippen molar-refractivity contribution < 1.29 is 8.78 Å². The van der Waals surface area contributed by atoms with Crippen molar-refractivity contribution in [3.63, 3.8) is 0 Å². The molecule has 0 bridgehead atoms. The Morgan fingerprint density at radius 3 is 2.76 bits per heavy atom. The molecule has 0 saturated heterocycles. The SMILES string of the molecule is CCCn1cc(NCc2cnn(CC(F)F)c2C)c(C)n1. The molecule has 0 saturated carbocycles. The predicted molar refractivity (Wildman–Crippen MR) is 77.5 cm³/mol. The zero-order chi connectivity index (χ0) is 15.4. The Hall–Kier alpha value is -1.92. The summed E-state index contributed by atoms with van der Waals surface area (Å²) in [5.41, 5.74) is 3.57. The van der Waals surface area contributed by atoms with Crippen LogP contribution < -0.4 is 5.32 Å². The molecular weight excluding hydrogens is 276 g/mol. The molecule has 0 aliphatic heterocycles. The monoisotopic (exact) mass is 297 g/mol. The van der Waals surface area contributed by atoms with E-state index in [-0.39, 0.29) is 6.54 Å². The zero-order valence-electron chi connectivity index (χ0n) is 12.6. The maximum atomic E-state index is 12.4. The number of aryl methyl sites for hydroxylation is 2. The third-order valence-corrected chi connectivity index (χ3v) is 3.38. The number of halogens is 2. The Morgan fingerprint density at radius 2 is 2.10 bits per heavy atom. The molecule has 2 heterocycles. The highest BCUT2D eigenvalue weighted by molar-refractivity contribution is 5.46. The van der Waals surface area contributed by atoms with Crippen LogP contribution in [-0.2, 0) is 19.6 Å². The standard InChI is InChI=1S/C14H21F2N5/c1-4-5-20-8-13(10(2)19-20)17-6-12-7-18-21(11(12)3)9-14(15)16/h7-8,14,17H,4-6,9H2,1-3H3. The summed E-state index contributed by atoms with van der Waals surface area (Å²) in [5, 5.41) is 11.7. The van der Waals surface area contributed by atoms with Gasteiger partial charge in [0.15, 0.2) is 0 Å². The first kappa shape index (κ1) is 15.5. The van der Waals surface area contributed by atoms with Crippen LogP contribution in [0.3, 0.4) is 0 Å². The van der Waals surface area contributed by atoms with Crippen LogP contribution in [0.4, 0.5) is 14.5 Å². The molecule has 0 spiro atoms. The smallest absolute Gasteiger partial charge is 0.257 e. The first-order valence-corrected chi connectivity index (χ1v) is 7.08. The molecule has 7 heteroatoms. The fourth-order valence-corrected chi connectivity index (χ4v) is 2.20. The van der Waals surface area contributed by atoms with Crippen LogP contribution in [0.1, 0.15) is 30.3 Å². The molecule has 21 heavy (non-hydrogen) atoms. The van der Waals surface area contributed by atoms with Crippen LogP contribution in [0, 0.1) is 13.8 Å². The second-order valence-corrected chi connectivity index (χ2v) is 5.07. The Labute approximate surface area is 123 Å². The van der Waals surface area contributed by atoms with Crippen molar-refractivity contribution in [1.29, 1.82) is 0 Å². The molecule has 0 amide bonds. The predicted octanol–water partition coefficient (Wildman–Crippen LogP) is 2.98. The summed E-state index contributed by atoms with van der Waals surface area (Å²) in [4.78, 5) is 0. The quantitative estimate of drug-likeness (QED) is 0.854. The van der Waals surface area contributed by atoms with Gasteiger partial charge in [-0.15, -0.1) is 0 Å². The number of anilines is 1. The minimum atomic E-state index is -2.39. The molecule has 0 unspecified atom stereocenters. The van der Waals surface area contributed by atoms with Crippen LogP contribution >= 0.6 is 0 Å². The largest absolute Gasteiger partial charge is 0.378 e. The van der Waals surface area contributed by atoms with E-state index >= 15 is 0 Å². The van der Waals surface area contributed by atoms with E-state index in [0.29, 0.717) is 6.54 Å². The van der Waals surface area contributed by atoms with E-state index in [2.05, 4.69) is 22.4 Å². The van der Waals surface area contributed by atoms with E-state index < -0.39 is 6.43 Å². The van der Waals surface area contributed by atoms with Gasteiger partial charge in [0.05, 0.1) is 17.6 Å². The van der Waals surface area contributed by atoms with E-state index in [0.717, 1.165) is 35.6 Å². The summed E-state index contributed by atoms with van der Waals surface area (Å²) in [5.74, 6) is 0. The zero-order valence-corrected chi connectivity index (χ0v) is 12.6. The van der Waals surface area contributed by atoms with Crippen LogP contribution in [0.5, 0.6) is 0 Å². The molecular formula is C14H21F2N5. The fourth-order valence-electron chi connectivity index (χ4n) is 2.20. The Balaban J connectivity index is 2.01. The van der Waals surface area contributed by atoms with Gasteiger partial charge in [-0.2, -0.15) is 10.2 Å². The molecule has 0 atom stereocenters. The lowest BCUT2D eigenvalue weighted by atomic mass is 10.2. The number of hydrogen-bond acceptors (Lipinski definition) is 3. The normalized spacial score (nSPS) is 11.3. The molecule has 0 aromatic carbocycles. The first-order valence-electron chi connectivity index (χ1n) is 7.08. The van der Waals surface area contributed by atoms with Crippen molar-refractivity contribution in [1.82, 2.24) is 19.6 Å². The summed E-state index contributed by atoms with van der Waals surface area (Å²) < 4.78 is 28.1. The molecule has 0 aliphatic rings. The van der Waals surface area contributed by atoms with Gasteiger partial charge in [-0.3, -0.25) is 9.36 Å². The summed E-state index contributed by atoms with van der Waals surface area (Å²) >= 11 is 0. The molecule has 0 fully saturated rings. The highest BCUT2D eigenvalue weighted by atomic mass is 19.3. The topological polar surface area (TPSA) is 47.7 Å². The Kier molecular flexibility index (Phi) is 4.93. The summed E-state index contributed by atoms with van der Waals surface area (Å²) in [6.45, 7) is 6.92. The van der Waals surface area contributed by atoms with Gasteiger partial charge in [0.25, 0.3) is 6.43 Å². The Bertz CT molecular complexity index is 588. The summed E-state index contributed by atoms with van der Waals surface area (Å²) in [6, 6.07) is 0. The lowest BCUT2D eigenvalue weighted by Crippen LogP contribution is -2.10. The van der Waals surface area contributed by atoms with Crippen molar-refractivity contribution in [2.45, 2.75) is 53.3 Å². The molecule has 0 aliphatic carbocycles. The third-order valence-electron chi connectivity index (χ3n) is 3.38. The van der Waals surface area contributed by atoms with Gasteiger partial charge in [0, 0.05) is 30.5 Å². The van der Waals surface area contributed by atoms with Crippen molar-refractivity contribution in [2.24, 2.45) is 0 Å². The highest BCUT2D eigenvalue weighted by Gasteiger charge is 2.11. The van der Waals surface area contributed by atoms with Crippen molar-refractivity contribution in [2.75, 3.05) is 5.32 Å². The van der Waals surface area contributed by atoms with E-state index in [9.17, 15) is 8.78 Å². The number of aromatic nitrogens is 4. The van der Waals surface area contributed by atoms with Crippen LogP contribution in [0.25, 0.3) is 0 Å². The number of hydrogen-bond donors (Lipinski definition) is 1. The van der Waals surface area contributed by atoms with E-state index in [1.807, 2.05) is 17.8 Å². The van der Waals surface area contributed by atoms with Crippen LogP contribution in [0.15, 0.2) is 12.4 Å². The van der Waals surface area contributed by atoms with Gasteiger partial charge in [-0.1, -0.05) is 6.92 Å². The van der Waals surface area contributed by atoms with E-state index in [1.165, 1.54) is 4.68 Å². The van der Waals surface area contributed by atoms with Gasteiger partial charge >= 0.3 is 0 Å². The average molecular weight is 297 g/mol. The van der Waals surface area contributed by atoms with Gasteiger partial charge in [0.2, 0.25) is 0 Å². The minimum absolute atomic E-state index is 0.362. The number of nitrogens with zero attached hydrogens (tertiary/aromatic N) is 4. The number of alkyl halides is 2.